The Kier molecular flexibility index (Phi) is 7.91. The van der Waals surface area contributed by atoms with Crippen LogP contribution < -0.4 is 15.4 Å². The molecular formula is C18H27N3O4. The van der Waals surface area contributed by atoms with Crippen LogP contribution in [0.3, 0.4) is 0 Å². The molecule has 1 atom stereocenters. The highest BCUT2D eigenvalue weighted by atomic mass is 16.5. The van der Waals surface area contributed by atoms with E-state index < -0.39 is 6.04 Å². The van der Waals surface area contributed by atoms with E-state index >= 15 is 0 Å². The topological polar surface area (TPSA) is 87.7 Å². The average Bonchev–Trinajstić information content (AvgIpc) is 2.56. The third-order valence-electron chi connectivity index (χ3n) is 3.67. The molecule has 0 saturated carbocycles. The summed E-state index contributed by atoms with van der Waals surface area (Å²) in [5.74, 6) is -0.301. The van der Waals surface area contributed by atoms with Gasteiger partial charge in [0.15, 0.2) is 0 Å². The zero-order valence-electron chi connectivity index (χ0n) is 15.5. The molecule has 1 aromatic carbocycles. The number of nitrogens with zero attached hydrogens (tertiary/aromatic N) is 1. The maximum atomic E-state index is 12.7. The molecule has 0 aliphatic heterocycles. The first-order valence-corrected chi connectivity index (χ1v) is 8.28. The minimum Gasteiger partial charge on any atom is -0.497 e. The first-order chi connectivity index (χ1) is 11.8. The predicted molar refractivity (Wildman–Crippen MR) is 96.3 cm³/mol. The van der Waals surface area contributed by atoms with Gasteiger partial charge in [-0.05, 0) is 25.0 Å². The monoisotopic (exact) mass is 349 g/mol. The molecule has 1 unspecified atom stereocenters. The van der Waals surface area contributed by atoms with E-state index in [1.165, 1.54) is 11.8 Å². The molecule has 0 aliphatic carbocycles. The number of carbonyl (C=O) groups excluding carboxylic acids is 3. The van der Waals surface area contributed by atoms with Crippen LogP contribution in [-0.2, 0) is 14.4 Å². The van der Waals surface area contributed by atoms with E-state index in [4.69, 9.17) is 4.74 Å². The van der Waals surface area contributed by atoms with E-state index in [1.54, 1.807) is 38.3 Å². The van der Waals surface area contributed by atoms with Crippen molar-refractivity contribution in [1.82, 2.24) is 10.2 Å². The third-order valence-corrected chi connectivity index (χ3v) is 3.67. The zero-order valence-corrected chi connectivity index (χ0v) is 15.5. The third kappa shape index (κ3) is 6.45. The maximum Gasteiger partial charge on any atom is 0.245 e. The summed E-state index contributed by atoms with van der Waals surface area (Å²) in [6.07, 6.45) is 0. The first kappa shape index (κ1) is 20.5. The molecule has 0 spiro atoms. The van der Waals surface area contributed by atoms with Gasteiger partial charge in [0.1, 0.15) is 11.8 Å². The van der Waals surface area contributed by atoms with Crippen LogP contribution in [0.4, 0.5) is 5.69 Å². The second-order valence-corrected chi connectivity index (χ2v) is 6.05. The molecular weight excluding hydrogens is 322 g/mol. The number of methoxy groups -OCH3 is 1. The SMILES string of the molecule is CCN(CC(=O)Nc1cccc(OC)c1)C(=O)C(NC(C)=O)C(C)C. The van der Waals surface area contributed by atoms with Crippen molar-refractivity contribution < 1.29 is 19.1 Å². The summed E-state index contributed by atoms with van der Waals surface area (Å²) >= 11 is 0. The van der Waals surface area contributed by atoms with Gasteiger partial charge in [-0.25, -0.2) is 0 Å². The van der Waals surface area contributed by atoms with Crippen molar-refractivity contribution in [2.75, 3.05) is 25.5 Å². The van der Waals surface area contributed by atoms with Crippen LogP contribution in [-0.4, -0.2) is 48.9 Å². The number of likely N-dealkylation sites (N-methyl/N-ethyl adjacent to an activating group) is 1. The van der Waals surface area contributed by atoms with Crippen LogP contribution in [0.1, 0.15) is 27.7 Å². The molecule has 25 heavy (non-hydrogen) atoms. The van der Waals surface area contributed by atoms with Crippen LogP contribution >= 0.6 is 0 Å². The van der Waals surface area contributed by atoms with Crippen molar-refractivity contribution >= 4 is 23.4 Å². The average molecular weight is 349 g/mol. The van der Waals surface area contributed by atoms with Crippen molar-refractivity contribution in [1.29, 1.82) is 0 Å². The lowest BCUT2D eigenvalue weighted by Gasteiger charge is -2.28. The fourth-order valence-electron chi connectivity index (χ4n) is 2.35. The minimum atomic E-state index is -0.651. The number of benzene rings is 1. The number of ether oxygens (including phenoxy) is 1. The lowest BCUT2D eigenvalue weighted by atomic mass is 10.0. The fraction of sp³-hybridized carbons (Fsp3) is 0.500. The largest absolute Gasteiger partial charge is 0.497 e. The van der Waals surface area contributed by atoms with Gasteiger partial charge in [-0.15, -0.1) is 0 Å². The molecule has 0 fully saturated rings. The lowest BCUT2D eigenvalue weighted by Crippen LogP contribution is -2.52. The van der Waals surface area contributed by atoms with Crippen molar-refractivity contribution in [3.05, 3.63) is 24.3 Å². The van der Waals surface area contributed by atoms with Crippen LogP contribution in [0.25, 0.3) is 0 Å². The lowest BCUT2D eigenvalue weighted by molar-refractivity contribution is -0.139. The number of hydrogen-bond donors (Lipinski definition) is 2. The first-order valence-electron chi connectivity index (χ1n) is 8.28. The summed E-state index contributed by atoms with van der Waals surface area (Å²) in [7, 11) is 1.55. The zero-order chi connectivity index (χ0) is 19.0. The fourth-order valence-corrected chi connectivity index (χ4v) is 2.35. The van der Waals surface area contributed by atoms with Gasteiger partial charge in [-0.1, -0.05) is 19.9 Å². The number of hydrogen-bond acceptors (Lipinski definition) is 4. The second-order valence-electron chi connectivity index (χ2n) is 6.05. The number of rotatable bonds is 8. The normalized spacial score (nSPS) is 11.6. The molecule has 0 bridgehead atoms. The minimum absolute atomic E-state index is 0.0769. The Bertz CT molecular complexity index is 616. The summed E-state index contributed by atoms with van der Waals surface area (Å²) in [6, 6.07) is 6.33. The highest BCUT2D eigenvalue weighted by Crippen LogP contribution is 2.16. The van der Waals surface area contributed by atoms with Gasteiger partial charge in [-0.3, -0.25) is 14.4 Å². The standard InChI is InChI=1S/C18H27N3O4/c1-6-21(18(24)17(12(2)3)19-13(4)22)11-16(23)20-14-8-7-9-15(10-14)25-5/h7-10,12,17H,6,11H2,1-5H3,(H,19,22)(H,20,23). The molecule has 1 rings (SSSR count). The van der Waals surface area contributed by atoms with E-state index in [1.807, 2.05) is 13.8 Å². The van der Waals surface area contributed by atoms with E-state index in [9.17, 15) is 14.4 Å². The number of amides is 3. The molecule has 0 aromatic heterocycles. The Morgan fingerprint density at radius 1 is 1.24 bits per heavy atom. The molecule has 0 aliphatic rings. The van der Waals surface area contributed by atoms with Crippen molar-refractivity contribution in [3.8, 4) is 5.75 Å². The molecule has 2 N–H and O–H groups in total. The predicted octanol–water partition coefficient (Wildman–Crippen LogP) is 1.64. The summed E-state index contributed by atoms with van der Waals surface area (Å²) in [4.78, 5) is 37.7. The Morgan fingerprint density at radius 3 is 2.44 bits per heavy atom. The van der Waals surface area contributed by atoms with Gasteiger partial charge < -0.3 is 20.3 Å². The molecule has 0 radical (unpaired) electrons. The molecule has 0 saturated heterocycles. The summed E-state index contributed by atoms with van der Waals surface area (Å²) < 4.78 is 5.12. The molecule has 3 amide bonds. The Morgan fingerprint density at radius 2 is 1.92 bits per heavy atom. The van der Waals surface area contributed by atoms with Crippen LogP contribution in [0.5, 0.6) is 5.75 Å². The van der Waals surface area contributed by atoms with E-state index in [2.05, 4.69) is 10.6 Å². The van der Waals surface area contributed by atoms with Gasteiger partial charge in [0.2, 0.25) is 17.7 Å². The van der Waals surface area contributed by atoms with Crippen LogP contribution in [0.2, 0.25) is 0 Å². The highest BCUT2D eigenvalue weighted by Gasteiger charge is 2.28. The van der Waals surface area contributed by atoms with E-state index in [0.29, 0.717) is 18.0 Å². The quantitative estimate of drug-likeness (QED) is 0.747. The van der Waals surface area contributed by atoms with Gasteiger partial charge in [0, 0.05) is 25.2 Å². The number of nitrogens with one attached hydrogen (secondary N) is 2. The Balaban J connectivity index is 2.76. The molecule has 7 nitrogen and oxygen atoms in total. The Hall–Kier alpha value is -2.57. The summed E-state index contributed by atoms with van der Waals surface area (Å²) in [6.45, 7) is 7.14. The summed E-state index contributed by atoms with van der Waals surface area (Å²) in [5.41, 5.74) is 0.593. The van der Waals surface area contributed by atoms with E-state index in [-0.39, 0.29) is 30.2 Å². The highest BCUT2D eigenvalue weighted by molar-refractivity contribution is 5.96. The van der Waals surface area contributed by atoms with Gasteiger partial charge in [-0.2, -0.15) is 0 Å². The molecule has 138 valence electrons. The molecule has 7 heteroatoms. The number of carbonyl (C=O) groups is 3. The van der Waals surface area contributed by atoms with Gasteiger partial charge in [0.25, 0.3) is 0 Å². The van der Waals surface area contributed by atoms with E-state index in [0.717, 1.165) is 0 Å². The van der Waals surface area contributed by atoms with Gasteiger partial charge in [0.05, 0.1) is 13.7 Å². The van der Waals surface area contributed by atoms with Crippen LogP contribution in [0, 0.1) is 5.92 Å². The maximum absolute atomic E-state index is 12.7. The molecule has 1 aromatic rings. The van der Waals surface area contributed by atoms with Crippen molar-refractivity contribution in [2.45, 2.75) is 33.7 Å². The second kappa shape index (κ2) is 9.66. The van der Waals surface area contributed by atoms with Crippen molar-refractivity contribution in [2.24, 2.45) is 5.92 Å². The smallest absolute Gasteiger partial charge is 0.245 e. The number of anilines is 1. The van der Waals surface area contributed by atoms with Crippen LogP contribution in [0.15, 0.2) is 24.3 Å². The molecule has 0 heterocycles. The Labute approximate surface area is 148 Å². The summed E-state index contributed by atoms with van der Waals surface area (Å²) in [5, 5.41) is 5.40. The van der Waals surface area contributed by atoms with Gasteiger partial charge >= 0.3 is 0 Å². The van der Waals surface area contributed by atoms with Crippen molar-refractivity contribution in [3.63, 3.8) is 0 Å².